The molecule has 1 aliphatic rings. The van der Waals surface area contributed by atoms with Crippen LogP contribution in [0.5, 0.6) is 11.5 Å². The Balaban J connectivity index is 1.25. The van der Waals surface area contributed by atoms with Crippen LogP contribution in [0.3, 0.4) is 0 Å². The van der Waals surface area contributed by atoms with Crippen LogP contribution in [0.15, 0.2) is 60.7 Å². The second kappa shape index (κ2) is 7.65. The van der Waals surface area contributed by atoms with E-state index in [1.165, 1.54) is 24.3 Å². The number of phenols is 1. The average Bonchev–Trinajstić information content (AvgIpc) is 3.16. The summed E-state index contributed by atoms with van der Waals surface area (Å²) in [6.07, 6.45) is -0.507. The van der Waals surface area contributed by atoms with Gasteiger partial charge in [-0.15, -0.1) is 10.2 Å². The number of fused-ring (bicyclic) bond motifs is 1. The number of aromatic nitrogens is 3. The van der Waals surface area contributed by atoms with E-state index >= 15 is 0 Å². The topological polar surface area (TPSA) is 134 Å². The summed E-state index contributed by atoms with van der Waals surface area (Å²) >= 11 is 0. The number of rotatable bonds is 4. The van der Waals surface area contributed by atoms with Crippen molar-refractivity contribution in [1.29, 1.82) is 0 Å². The number of phenolic OH excluding ortho intramolecular Hbond substituents is 1. The smallest absolute Gasteiger partial charge is 0.415 e. The molecular weight excluding hydrogens is 414 g/mol. The molecule has 0 saturated carbocycles. The zero-order valence-corrected chi connectivity index (χ0v) is 16.6. The number of nitro benzene ring substituents is 1. The number of nitrogens with zero attached hydrogens (tertiary/aromatic N) is 4. The first-order valence-corrected chi connectivity index (χ1v) is 9.84. The Morgan fingerprint density at radius 2 is 1.88 bits per heavy atom. The van der Waals surface area contributed by atoms with Gasteiger partial charge in [0.25, 0.3) is 5.69 Å². The fraction of sp³-hybridized carbons (Fsp3) is 0.136. The van der Waals surface area contributed by atoms with E-state index in [4.69, 9.17) is 4.74 Å². The van der Waals surface area contributed by atoms with Crippen molar-refractivity contribution in [2.24, 2.45) is 0 Å². The van der Waals surface area contributed by atoms with E-state index in [9.17, 15) is 20.0 Å². The number of ether oxygens (including phenoxy) is 1. The summed E-state index contributed by atoms with van der Waals surface area (Å²) in [6.45, 7) is 0.941. The van der Waals surface area contributed by atoms with Gasteiger partial charge < -0.3 is 19.7 Å². The van der Waals surface area contributed by atoms with Crippen LogP contribution in [-0.2, 0) is 0 Å². The van der Waals surface area contributed by atoms with Gasteiger partial charge in [-0.3, -0.25) is 10.1 Å². The molecule has 160 valence electrons. The number of aromatic hydroxyl groups is 1. The zero-order chi connectivity index (χ0) is 22.2. The number of benzene rings is 2. The minimum atomic E-state index is -0.512. The molecule has 2 N–H and O–H groups in total. The predicted molar refractivity (Wildman–Crippen MR) is 114 cm³/mol. The molecule has 3 heterocycles. The number of carbonyl (C=O) groups is 1. The monoisotopic (exact) mass is 431 g/mol. The second-order valence-corrected chi connectivity index (χ2v) is 7.50. The van der Waals surface area contributed by atoms with Gasteiger partial charge in [-0.25, -0.2) is 4.79 Å². The van der Waals surface area contributed by atoms with Gasteiger partial charge in [0.05, 0.1) is 10.6 Å². The van der Waals surface area contributed by atoms with E-state index in [0.29, 0.717) is 30.0 Å². The summed E-state index contributed by atoms with van der Waals surface area (Å²) in [5.41, 5.74) is 2.67. The number of likely N-dealkylation sites (tertiary alicyclic amines) is 1. The Morgan fingerprint density at radius 3 is 2.59 bits per heavy atom. The van der Waals surface area contributed by atoms with Gasteiger partial charge in [-0.2, -0.15) is 0 Å². The van der Waals surface area contributed by atoms with Crippen LogP contribution < -0.4 is 4.74 Å². The van der Waals surface area contributed by atoms with Crippen molar-refractivity contribution in [3.8, 4) is 22.8 Å². The molecule has 0 spiro atoms. The molecule has 4 aromatic rings. The van der Waals surface area contributed by atoms with Gasteiger partial charge in [0.2, 0.25) is 0 Å². The molecule has 2 aromatic heterocycles. The van der Waals surface area contributed by atoms with Crippen LogP contribution in [0, 0.1) is 10.1 Å². The van der Waals surface area contributed by atoms with Gasteiger partial charge in [-0.05, 0) is 36.4 Å². The largest absolute Gasteiger partial charge is 0.507 e. The molecule has 0 radical (unpaired) electrons. The van der Waals surface area contributed by atoms with Crippen LogP contribution in [0.4, 0.5) is 10.5 Å². The molecule has 10 nitrogen and oxygen atoms in total. The lowest BCUT2D eigenvalue weighted by atomic mass is 9.97. The van der Waals surface area contributed by atoms with Crippen molar-refractivity contribution >= 4 is 22.8 Å². The van der Waals surface area contributed by atoms with E-state index in [1.807, 2.05) is 18.2 Å². The van der Waals surface area contributed by atoms with E-state index < -0.39 is 11.0 Å². The van der Waals surface area contributed by atoms with Crippen LogP contribution in [0.1, 0.15) is 11.6 Å². The number of amides is 1. The minimum Gasteiger partial charge on any atom is -0.507 e. The lowest BCUT2D eigenvalue weighted by Crippen LogP contribution is -2.49. The summed E-state index contributed by atoms with van der Waals surface area (Å²) in [5.74, 6) is 0.488. The highest BCUT2D eigenvalue weighted by Crippen LogP contribution is 2.32. The van der Waals surface area contributed by atoms with Crippen LogP contribution >= 0.6 is 0 Å². The van der Waals surface area contributed by atoms with Gasteiger partial charge in [0.15, 0.2) is 5.65 Å². The molecule has 0 bridgehead atoms. The van der Waals surface area contributed by atoms with Gasteiger partial charge in [0, 0.05) is 47.8 Å². The molecule has 0 atom stereocenters. The lowest BCUT2D eigenvalue weighted by molar-refractivity contribution is -0.384. The molecule has 5 rings (SSSR count). The Kier molecular flexibility index (Phi) is 4.66. The Bertz CT molecular complexity index is 1330. The third-order valence-electron chi connectivity index (χ3n) is 5.41. The highest BCUT2D eigenvalue weighted by molar-refractivity contribution is 5.82. The van der Waals surface area contributed by atoms with Crippen molar-refractivity contribution in [2.75, 3.05) is 13.1 Å². The molecule has 0 aliphatic carbocycles. The summed E-state index contributed by atoms with van der Waals surface area (Å²) in [5, 5.41) is 30.0. The standard InChI is InChI=1S/C22H17N5O5/c28-20-4-2-1-3-17(20)19-10-13-9-18(23-21(13)25-24-19)14-11-26(12-14)22(29)32-16-7-5-15(6-8-16)27(30)31/h1-10,14,28H,11-12H2,(H,23,25). The number of para-hydroxylation sites is 1. The Morgan fingerprint density at radius 1 is 1.12 bits per heavy atom. The summed E-state index contributed by atoms with van der Waals surface area (Å²) < 4.78 is 5.28. The van der Waals surface area contributed by atoms with E-state index in [2.05, 4.69) is 15.2 Å². The van der Waals surface area contributed by atoms with Crippen LogP contribution in [-0.4, -0.2) is 49.3 Å². The zero-order valence-electron chi connectivity index (χ0n) is 16.6. The predicted octanol–water partition coefficient (Wildman–Crippen LogP) is 3.84. The Hall–Kier alpha value is -4.47. The second-order valence-electron chi connectivity index (χ2n) is 7.50. The molecule has 1 saturated heterocycles. The summed E-state index contributed by atoms with van der Waals surface area (Å²) in [7, 11) is 0. The minimum absolute atomic E-state index is 0.0682. The van der Waals surface area contributed by atoms with Crippen molar-refractivity contribution in [3.63, 3.8) is 0 Å². The maximum Gasteiger partial charge on any atom is 0.415 e. The van der Waals surface area contributed by atoms with Gasteiger partial charge in [0.1, 0.15) is 11.5 Å². The van der Waals surface area contributed by atoms with Crippen molar-refractivity contribution in [3.05, 3.63) is 76.5 Å². The number of non-ortho nitro benzene ring substituents is 1. The number of H-pyrrole nitrogens is 1. The maximum atomic E-state index is 12.3. The highest BCUT2D eigenvalue weighted by Gasteiger charge is 2.34. The highest BCUT2D eigenvalue weighted by atomic mass is 16.6. The first-order valence-electron chi connectivity index (χ1n) is 9.84. The number of nitro groups is 1. The van der Waals surface area contributed by atoms with E-state index in [1.54, 1.807) is 23.1 Å². The average molecular weight is 431 g/mol. The molecule has 10 heteroatoms. The van der Waals surface area contributed by atoms with Crippen LogP contribution in [0.2, 0.25) is 0 Å². The third-order valence-corrected chi connectivity index (χ3v) is 5.41. The molecular formula is C22H17N5O5. The molecule has 2 aromatic carbocycles. The fourth-order valence-corrected chi connectivity index (χ4v) is 3.62. The molecule has 1 amide bonds. The summed E-state index contributed by atoms with van der Waals surface area (Å²) in [6, 6.07) is 16.1. The molecule has 32 heavy (non-hydrogen) atoms. The first kappa shape index (κ1) is 19.5. The van der Waals surface area contributed by atoms with E-state index in [-0.39, 0.29) is 23.1 Å². The quantitative estimate of drug-likeness (QED) is 0.370. The number of hydrogen-bond donors (Lipinski definition) is 2. The van der Waals surface area contributed by atoms with Crippen molar-refractivity contribution < 1.29 is 19.6 Å². The lowest BCUT2D eigenvalue weighted by Gasteiger charge is -2.37. The third kappa shape index (κ3) is 3.58. The summed E-state index contributed by atoms with van der Waals surface area (Å²) in [4.78, 5) is 27.3. The molecule has 0 unspecified atom stereocenters. The number of aromatic amines is 1. The molecule has 1 fully saturated rings. The normalized spacial score (nSPS) is 13.7. The number of nitrogens with one attached hydrogen (secondary N) is 1. The van der Waals surface area contributed by atoms with E-state index in [0.717, 1.165) is 11.1 Å². The SMILES string of the molecule is O=C(Oc1ccc([N+](=O)[O-])cc1)N1CC(c2cc3cc(-c4ccccc4O)nnc3[nH]2)C1. The van der Waals surface area contributed by atoms with Crippen molar-refractivity contribution in [1.82, 2.24) is 20.1 Å². The maximum absolute atomic E-state index is 12.3. The van der Waals surface area contributed by atoms with Gasteiger partial charge >= 0.3 is 6.09 Å². The Labute approximate surface area is 181 Å². The van der Waals surface area contributed by atoms with Crippen molar-refractivity contribution in [2.45, 2.75) is 5.92 Å². The fourth-order valence-electron chi connectivity index (χ4n) is 3.62. The van der Waals surface area contributed by atoms with Crippen LogP contribution in [0.25, 0.3) is 22.3 Å². The first-order chi connectivity index (χ1) is 15.5. The molecule has 1 aliphatic heterocycles. The van der Waals surface area contributed by atoms with Gasteiger partial charge in [-0.1, -0.05) is 12.1 Å². The number of carbonyl (C=O) groups excluding carboxylic acids is 1. The number of hydrogen-bond acceptors (Lipinski definition) is 7.